The second-order valence-corrected chi connectivity index (χ2v) is 5.41. The van der Waals surface area contributed by atoms with E-state index in [-0.39, 0.29) is 0 Å². The Kier molecular flexibility index (Phi) is 3.33. The van der Waals surface area contributed by atoms with Crippen LogP contribution < -0.4 is 5.32 Å². The Bertz CT molecular complexity index is 604. The van der Waals surface area contributed by atoms with Gasteiger partial charge >= 0.3 is 0 Å². The average Bonchev–Trinajstić information content (AvgIpc) is 2.44. The number of aliphatic imine (C=N–C) groups is 1. The van der Waals surface area contributed by atoms with Gasteiger partial charge in [-0.05, 0) is 30.4 Å². The number of hydrogen-bond acceptors (Lipinski definition) is 2. The van der Waals surface area contributed by atoms with Crippen molar-refractivity contribution in [1.29, 1.82) is 0 Å². The molecule has 2 nitrogen and oxygen atoms in total. The summed E-state index contributed by atoms with van der Waals surface area (Å²) in [7, 11) is 0. The number of anilines is 1. The highest BCUT2D eigenvalue weighted by molar-refractivity contribution is 9.10. The second-order valence-electron chi connectivity index (χ2n) is 4.55. The maximum absolute atomic E-state index is 4.55. The lowest BCUT2D eigenvalue weighted by Gasteiger charge is -2.16. The summed E-state index contributed by atoms with van der Waals surface area (Å²) >= 11 is 3.60. The van der Waals surface area contributed by atoms with Crippen molar-refractivity contribution in [2.24, 2.45) is 4.99 Å². The monoisotopic (exact) mass is 302 g/mol. The Labute approximate surface area is 115 Å². The van der Waals surface area contributed by atoms with Crippen LogP contribution in [0, 0.1) is 0 Å². The van der Waals surface area contributed by atoms with E-state index < -0.39 is 0 Å². The Balaban J connectivity index is 2.01. The number of hydrogen-bond donors (Lipinski definition) is 1. The lowest BCUT2D eigenvalue weighted by molar-refractivity contribution is 0.737. The first-order valence-corrected chi connectivity index (χ1v) is 7.11. The van der Waals surface area contributed by atoms with Gasteiger partial charge in [0, 0.05) is 28.5 Å². The minimum absolute atomic E-state index is 0.955. The van der Waals surface area contributed by atoms with Gasteiger partial charge in [-0.1, -0.05) is 40.2 Å². The van der Waals surface area contributed by atoms with Crippen LogP contribution in [0.25, 0.3) is 10.8 Å². The summed E-state index contributed by atoms with van der Waals surface area (Å²) < 4.78 is 1.13. The minimum atomic E-state index is 0.955. The molecule has 0 atom stereocenters. The Morgan fingerprint density at radius 3 is 2.61 bits per heavy atom. The quantitative estimate of drug-likeness (QED) is 0.818. The van der Waals surface area contributed by atoms with Gasteiger partial charge in [-0.25, -0.2) is 0 Å². The molecule has 0 unspecified atom stereocenters. The molecule has 0 fully saturated rings. The van der Waals surface area contributed by atoms with E-state index in [0.717, 1.165) is 29.0 Å². The molecule has 1 aliphatic rings. The summed E-state index contributed by atoms with van der Waals surface area (Å²) in [5, 5.41) is 5.95. The molecule has 0 aromatic heterocycles. The van der Waals surface area contributed by atoms with E-state index in [1.165, 1.54) is 23.6 Å². The number of rotatable bonds is 1. The third-order valence-corrected chi connectivity index (χ3v) is 3.97. The van der Waals surface area contributed by atoms with E-state index in [4.69, 9.17) is 0 Å². The van der Waals surface area contributed by atoms with Crippen molar-refractivity contribution in [2.45, 2.75) is 19.3 Å². The molecule has 1 N–H and O–H groups in total. The molecule has 3 rings (SSSR count). The van der Waals surface area contributed by atoms with E-state index in [1.54, 1.807) is 0 Å². The summed E-state index contributed by atoms with van der Waals surface area (Å²) in [6.45, 7) is 0.955. The molecule has 0 radical (unpaired) electrons. The standard InChI is InChI=1S/C15H15BrN2/c16-13-8-9-14(12-6-2-1-5-11(12)13)18-15-7-3-4-10-17-15/h1-2,5-6,8-9H,3-4,7,10H2,(H,17,18). The SMILES string of the molecule is Brc1ccc(NC2=NCCCC2)c2ccccc12. The molecule has 0 aliphatic carbocycles. The fourth-order valence-electron chi connectivity index (χ4n) is 2.33. The summed E-state index contributed by atoms with van der Waals surface area (Å²) in [5.74, 6) is 1.12. The van der Waals surface area contributed by atoms with Gasteiger partial charge in [0.05, 0.1) is 0 Å². The zero-order valence-corrected chi connectivity index (χ0v) is 11.7. The van der Waals surface area contributed by atoms with E-state index in [2.05, 4.69) is 62.6 Å². The molecule has 0 bridgehead atoms. The summed E-state index contributed by atoms with van der Waals surface area (Å²) in [5.41, 5.74) is 1.15. The molecule has 2 aromatic rings. The molecule has 3 heteroatoms. The largest absolute Gasteiger partial charge is 0.344 e. The Hall–Kier alpha value is -1.35. The van der Waals surface area contributed by atoms with Crippen LogP contribution in [-0.2, 0) is 0 Å². The van der Waals surface area contributed by atoms with Gasteiger partial charge < -0.3 is 5.32 Å². The van der Waals surface area contributed by atoms with Crippen molar-refractivity contribution in [3.8, 4) is 0 Å². The number of halogens is 1. The first-order chi connectivity index (χ1) is 8.84. The lowest BCUT2D eigenvalue weighted by Crippen LogP contribution is -2.16. The molecule has 2 aromatic carbocycles. The highest BCUT2D eigenvalue weighted by Crippen LogP contribution is 2.30. The molecule has 0 amide bonds. The van der Waals surface area contributed by atoms with E-state index in [9.17, 15) is 0 Å². The van der Waals surface area contributed by atoms with Crippen molar-refractivity contribution in [1.82, 2.24) is 0 Å². The van der Waals surface area contributed by atoms with Gasteiger partial charge in [0.1, 0.15) is 5.84 Å². The van der Waals surface area contributed by atoms with Crippen LogP contribution in [0.3, 0.4) is 0 Å². The molecule has 18 heavy (non-hydrogen) atoms. The van der Waals surface area contributed by atoms with Crippen molar-refractivity contribution in [3.05, 3.63) is 40.9 Å². The predicted octanol–water partition coefficient (Wildman–Crippen LogP) is 4.60. The fourth-order valence-corrected chi connectivity index (χ4v) is 2.80. The van der Waals surface area contributed by atoms with Crippen LogP contribution in [0.4, 0.5) is 5.69 Å². The number of benzene rings is 2. The maximum atomic E-state index is 4.55. The molecule has 0 spiro atoms. The molecule has 1 heterocycles. The molecule has 0 saturated heterocycles. The number of fused-ring (bicyclic) bond motifs is 1. The first kappa shape index (κ1) is 11.7. The van der Waals surface area contributed by atoms with Crippen molar-refractivity contribution in [2.75, 3.05) is 11.9 Å². The third kappa shape index (κ3) is 2.27. The van der Waals surface area contributed by atoms with Crippen LogP contribution in [0.15, 0.2) is 45.9 Å². The van der Waals surface area contributed by atoms with Crippen LogP contribution in [0.5, 0.6) is 0 Å². The zero-order chi connectivity index (χ0) is 12.4. The molecule has 0 saturated carbocycles. The molecule has 1 aliphatic heterocycles. The zero-order valence-electron chi connectivity index (χ0n) is 10.1. The molecular formula is C15H15BrN2. The third-order valence-electron chi connectivity index (χ3n) is 3.27. The van der Waals surface area contributed by atoms with Crippen LogP contribution in [-0.4, -0.2) is 12.4 Å². The maximum Gasteiger partial charge on any atom is 0.101 e. The average molecular weight is 303 g/mol. The van der Waals surface area contributed by atoms with Gasteiger partial charge in [0.25, 0.3) is 0 Å². The highest BCUT2D eigenvalue weighted by atomic mass is 79.9. The van der Waals surface area contributed by atoms with Gasteiger partial charge in [-0.15, -0.1) is 0 Å². The highest BCUT2D eigenvalue weighted by Gasteiger charge is 2.08. The summed E-state index contributed by atoms with van der Waals surface area (Å²) in [4.78, 5) is 4.55. The fraction of sp³-hybridized carbons (Fsp3) is 0.267. The number of nitrogens with zero attached hydrogens (tertiary/aromatic N) is 1. The van der Waals surface area contributed by atoms with Crippen LogP contribution >= 0.6 is 15.9 Å². The van der Waals surface area contributed by atoms with Crippen molar-refractivity contribution in [3.63, 3.8) is 0 Å². The van der Waals surface area contributed by atoms with Crippen molar-refractivity contribution < 1.29 is 0 Å². The second kappa shape index (κ2) is 5.11. The first-order valence-electron chi connectivity index (χ1n) is 6.32. The smallest absolute Gasteiger partial charge is 0.101 e. The normalized spacial score (nSPS) is 15.5. The van der Waals surface area contributed by atoms with Gasteiger partial charge in [-0.3, -0.25) is 4.99 Å². The number of nitrogens with one attached hydrogen (secondary N) is 1. The van der Waals surface area contributed by atoms with Crippen molar-refractivity contribution >= 4 is 38.2 Å². The molecular weight excluding hydrogens is 288 g/mol. The number of amidine groups is 1. The topological polar surface area (TPSA) is 24.4 Å². The van der Waals surface area contributed by atoms with E-state index in [1.807, 2.05) is 0 Å². The van der Waals surface area contributed by atoms with Crippen LogP contribution in [0.2, 0.25) is 0 Å². The lowest BCUT2D eigenvalue weighted by atomic mass is 10.1. The Morgan fingerprint density at radius 2 is 1.83 bits per heavy atom. The minimum Gasteiger partial charge on any atom is -0.344 e. The van der Waals surface area contributed by atoms with E-state index in [0.29, 0.717) is 0 Å². The predicted molar refractivity (Wildman–Crippen MR) is 81.4 cm³/mol. The summed E-state index contributed by atoms with van der Waals surface area (Å²) in [6, 6.07) is 12.6. The van der Waals surface area contributed by atoms with Crippen LogP contribution in [0.1, 0.15) is 19.3 Å². The van der Waals surface area contributed by atoms with Gasteiger partial charge in [0.2, 0.25) is 0 Å². The molecule has 92 valence electrons. The summed E-state index contributed by atoms with van der Waals surface area (Å²) in [6.07, 6.45) is 3.51. The van der Waals surface area contributed by atoms with Gasteiger partial charge in [-0.2, -0.15) is 0 Å². The van der Waals surface area contributed by atoms with E-state index >= 15 is 0 Å². The Morgan fingerprint density at radius 1 is 1.00 bits per heavy atom. The van der Waals surface area contributed by atoms with Gasteiger partial charge in [0.15, 0.2) is 0 Å².